The molecule has 3 saturated heterocycles. The van der Waals surface area contributed by atoms with Gasteiger partial charge < -0.3 is 66.5 Å². The smallest absolute Gasteiger partial charge is 0.309 e. The number of carbonyl (C=O) groups is 6. The predicted molar refractivity (Wildman–Crippen MR) is 291 cm³/mol. The van der Waals surface area contributed by atoms with Crippen molar-refractivity contribution >= 4 is 35.8 Å². The standard InChI is InChI=1S/C58H95N3O19/c1-17-46(65)76-44-32-48(67)71-36(4)27-29-61(28-23-22-26-42-24-20-19-21-25-42)60(13)34-45(74-39(7)62)35(3)30-43(31-49(68-14)69-15)53(54(44)70-16)79-57-55(75-40(8)63)51(59(11)12)52(37(5)73-57)78-50-33-58(10,80-41(9)64)56(38(6)72-50)77-47(66)18-2/h19-21,24-25,35-38,43-45,49-57H,17-18,22-23,26-34H2,1-16H3/t35-,36-,37?,38?,43-,44-,45+,50?,51?,52?,53+,54?,55?,56?,57?,58?/m1/s1. The van der Waals surface area contributed by atoms with Crippen molar-refractivity contribution in [2.45, 2.75) is 225 Å². The van der Waals surface area contributed by atoms with Crippen molar-refractivity contribution in [3.05, 3.63) is 35.9 Å². The molecule has 0 amide bonds. The van der Waals surface area contributed by atoms with Gasteiger partial charge in [0.15, 0.2) is 36.7 Å². The molecule has 0 radical (unpaired) electrons. The molecule has 80 heavy (non-hydrogen) atoms. The van der Waals surface area contributed by atoms with E-state index in [-0.39, 0.29) is 32.1 Å². The van der Waals surface area contributed by atoms with Gasteiger partial charge in [0.2, 0.25) is 0 Å². The minimum atomic E-state index is -1.40. The zero-order valence-electron chi connectivity index (χ0n) is 50.4. The molecule has 4 rings (SSSR count). The highest BCUT2D eigenvalue weighted by molar-refractivity contribution is 5.73. The molecule has 10 unspecified atom stereocenters. The topological polar surface area (TPSA) is 232 Å². The minimum Gasteiger partial charge on any atom is -0.463 e. The zero-order valence-corrected chi connectivity index (χ0v) is 50.4. The summed E-state index contributed by atoms with van der Waals surface area (Å²) in [7, 11) is 9.93. The number of methoxy groups -OCH3 is 3. The molecule has 16 atom stereocenters. The maximum Gasteiger partial charge on any atom is 0.309 e. The van der Waals surface area contributed by atoms with Gasteiger partial charge in [-0.25, -0.2) is 10.0 Å². The van der Waals surface area contributed by atoms with E-state index >= 15 is 0 Å². The molecule has 3 aliphatic rings. The molecule has 3 aliphatic heterocycles. The van der Waals surface area contributed by atoms with Gasteiger partial charge in [-0.1, -0.05) is 51.1 Å². The minimum absolute atomic E-state index is 0.0314. The summed E-state index contributed by atoms with van der Waals surface area (Å²) in [6, 6.07) is 9.47. The summed E-state index contributed by atoms with van der Waals surface area (Å²) in [4.78, 5) is 81.1. The second-order valence-electron chi connectivity index (χ2n) is 22.0. The quantitative estimate of drug-likeness (QED) is 0.0564. The van der Waals surface area contributed by atoms with Gasteiger partial charge in [-0.05, 0) is 91.3 Å². The molecule has 0 spiro atoms. The van der Waals surface area contributed by atoms with Crippen LogP contribution < -0.4 is 0 Å². The second kappa shape index (κ2) is 33.1. The molecule has 1 aromatic rings. The number of nitrogens with zero attached hydrogens (tertiary/aromatic N) is 3. The van der Waals surface area contributed by atoms with Crippen LogP contribution in [0, 0.1) is 11.8 Å². The highest BCUT2D eigenvalue weighted by atomic mass is 16.7. The van der Waals surface area contributed by atoms with Crippen molar-refractivity contribution in [1.82, 2.24) is 14.9 Å². The van der Waals surface area contributed by atoms with Crippen LogP contribution in [0.25, 0.3) is 0 Å². The average Bonchev–Trinajstić information content (AvgIpc) is 3.45. The largest absolute Gasteiger partial charge is 0.463 e. The number of hydrazine groups is 1. The van der Waals surface area contributed by atoms with E-state index < -0.39 is 146 Å². The predicted octanol–water partition coefficient (Wildman–Crippen LogP) is 5.96. The first-order chi connectivity index (χ1) is 37.9. The van der Waals surface area contributed by atoms with E-state index in [1.165, 1.54) is 47.7 Å². The van der Waals surface area contributed by atoms with Crippen LogP contribution in [0.5, 0.6) is 0 Å². The maximum atomic E-state index is 14.2. The Morgan fingerprint density at radius 3 is 2.01 bits per heavy atom. The van der Waals surface area contributed by atoms with E-state index in [2.05, 4.69) is 22.2 Å². The molecular weight excluding hydrogens is 1040 g/mol. The van der Waals surface area contributed by atoms with Crippen molar-refractivity contribution in [2.24, 2.45) is 11.8 Å². The monoisotopic (exact) mass is 1140 g/mol. The fraction of sp³-hybridized carbons (Fsp3) is 0.793. The van der Waals surface area contributed by atoms with E-state index in [0.717, 1.165) is 19.3 Å². The van der Waals surface area contributed by atoms with Crippen molar-refractivity contribution in [3.63, 3.8) is 0 Å². The third-order valence-electron chi connectivity index (χ3n) is 15.2. The van der Waals surface area contributed by atoms with Crippen molar-refractivity contribution in [2.75, 3.05) is 62.1 Å². The third kappa shape index (κ3) is 20.5. The lowest BCUT2D eigenvalue weighted by Crippen LogP contribution is -2.67. The van der Waals surface area contributed by atoms with E-state index in [1.54, 1.807) is 48.7 Å². The van der Waals surface area contributed by atoms with E-state index in [4.69, 9.17) is 61.6 Å². The summed E-state index contributed by atoms with van der Waals surface area (Å²) in [6.07, 6.45) is -9.90. The fourth-order valence-corrected chi connectivity index (χ4v) is 11.2. The van der Waals surface area contributed by atoms with E-state index in [0.29, 0.717) is 26.1 Å². The molecular formula is C58H95N3O19. The van der Waals surface area contributed by atoms with Gasteiger partial charge in [0.25, 0.3) is 0 Å². The summed E-state index contributed by atoms with van der Waals surface area (Å²) in [5.74, 6) is -4.59. The SMILES string of the molecule is CCC(=O)OC1C(C)OC(OC2C(C)OC(O[C@@H]3C(OC)[C@H](OC(=O)CC)CC(=O)O[C@H](C)CCN(CCCCc4ccccc4)N(C)C[C@H](OC(C)=O)[C@H](C)C[C@@H]3CC(OC)OC)C(OC(C)=O)C2N(C)C)CC1(C)OC(C)=O. The molecule has 3 fully saturated rings. The number of unbranched alkanes of at least 4 members (excludes halogenated alkanes) is 1. The van der Waals surface area contributed by atoms with Gasteiger partial charge >= 0.3 is 35.8 Å². The molecule has 0 aliphatic carbocycles. The van der Waals surface area contributed by atoms with Gasteiger partial charge in [0, 0.05) is 87.9 Å². The highest BCUT2D eigenvalue weighted by Crippen LogP contribution is 2.40. The molecule has 456 valence electrons. The lowest BCUT2D eigenvalue weighted by molar-refractivity contribution is -0.346. The molecule has 0 bridgehead atoms. The maximum absolute atomic E-state index is 14.2. The number of aryl methyl sites for hydroxylation is 1. The van der Waals surface area contributed by atoms with Crippen LogP contribution in [0.1, 0.15) is 133 Å². The zero-order chi connectivity index (χ0) is 59.4. The average molecular weight is 1140 g/mol. The number of carbonyl (C=O) groups excluding carboxylic acids is 6. The summed E-state index contributed by atoms with van der Waals surface area (Å²) < 4.78 is 81.5. The molecule has 0 saturated carbocycles. The van der Waals surface area contributed by atoms with Gasteiger partial charge in [-0.15, -0.1) is 0 Å². The van der Waals surface area contributed by atoms with Crippen LogP contribution in [-0.4, -0.2) is 204 Å². The van der Waals surface area contributed by atoms with Crippen molar-refractivity contribution < 1.29 is 90.3 Å². The molecule has 3 heterocycles. The summed E-state index contributed by atoms with van der Waals surface area (Å²) in [5.41, 5.74) is -0.118. The molecule has 0 aromatic heterocycles. The van der Waals surface area contributed by atoms with Crippen LogP contribution in [-0.2, 0) is 96.8 Å². The summed E-state index contributed by atoms with van der Waals surface area (Å²) in [5, 5.41) is 4.26. The number of esters is 6. The summed E-state index contributed by atoms with van der Waals surface area (Å²) >= 11 is 0. The molecule has 22 heteroatoms. The normalized spacial score (nSPS) is 32.6. The molecule has 0 N–H and O–H groups in total. The van der Waals surface area contributed by atoms with Gasteiger partial charge in [-0.2, -0.15) is 0 Å². The van der Waals surface area contributed by atoms with Crippen LogP contribution in [0.2, 0.25) is 0 Å². The number of cyclic esters (lactones) is 1. The highest BCUT2D eigenvalue weighted by Gasteiger charge is 2.56. The first-order valence-electron chi connectivity index (χ1n) is 28.4. The van der Waals surface area contributed by atoms with Crippen molar-refractivity contribution in [3.8, 4) is 0 Å². The number of ether oxygens (including phenoxy) is 13. The number of hydrogen-bond donors (Lipinski definition) is 0. The van der Waals surface area contributed by atoms with Crippen molar-refractivity contribution in [1.29, 1.82) is 0 Å². The Bertz CT molecular complexity index is 2080. The van der Waals surface area contributed by atoms with Gasteiger partial charge in [-0.3, -0.25) is 28.8 Å². The number of likely N-dealkylation sites (N-methyl/N-ethyl adjacent to an activating group) is 2. The number of hydrogen-bond acceptors (Lipinski definition) is 22. The lowest BCUT2D eigenvalue weighted by atomic mass is 9.82. The van der Waals surface area contributed by atoms with E-state index in [9.17, 15) is 28.8 Å². The van der Waals surface area contributed by atoms with Crippen LogP contribution in [0.15, 0.2) is 30.3 Å². The number of benzene rings is 1. The van der Waals surface area contributed by atoms with Crippen LogP contribution in [0.4, 0.5) is 0 Å². The van der Waals surface area contributed by atoms with Crippen LogP contribution >= 0.6 is 0 Å². The Morgan fingerprint density at radius 2 is 1.43 bits per heavy atom. The second-order valence-corrected chi connectivity index (χ2v) is 22.0. The Hall–Kier alpha value is -4.36. The Morgan fingerprint density at radius 1 is 0.775 bits per heavy atom. The van der Waals surface area contributed by atoms with Gasteiger partial charge in [0.05, 0.1) is 37.3 Å². The molecule has 1 aromatic carbocycles. The molecule has 22 nitrogen and oxygen atoms in total. The fourth-order valence-electron chi connectivity index (χ4n) is 11.2. The van der Waals surface area contributed by atoms with Crippen LogP contribution in [0.3, 0.4) is 0 Å². The Kier molecular flexibility index (Phi) is 28.2. The number of rotatable bonds is 22. The van der Waals surface area contributed by atoms with Gasteiger partial charge in [0.1, 0.15) is 30.5 Å². The Labute approximate surface area is 474 Å². The van der Waals surface area contributed by atoms with E-state index in [1.807, 2.05) is 44.0 Å². The third-order valence-corrected chi connectivity index (χ3v) is 15.2. The first kappa shape index (κ1) is 68.1. The summed E-state index contributed by atoms with van der Waals surface area (Å²) in [6.45, 7) is 17.6. The first-order valence-corrected chi connectivity index (χ1v) is 28.4. The Balaban J connectivity index is 1.85. The lowest BCUT2D eigenvalue weighted by Gasteiger charge is -2.51.